The van der Waals surface area contributed by atoms with Crippen LogP contribution in [0.1, 0.15) is 19.4 Å². The minimum atomic E-state index is -0.660. The lowest BCUT2D eigenvalue weighted by atomic mass is 10.0. The first-order valence-electron chi connectivity index (χ1n) is 5.23. The number of hydrogen-bond acceptors (Lipinski definition) is 4. The van der Waals surface area contributed by atoms with Crippen LogP contribution in [0.3, 0.4) is 0 Å². The first-order chi connectivity index (χ1) is 7.60. The third-order valence-electron chi connectivity index (χ3n) is 2.63. The first-order valence-corrected chi connectivity index (χ1v) is 5.23. The number of nitrogens with zero attached hydrogens (tertiary/aromatic N) is 3. The van der Waals surface area contributed by atoms with Crippen molar-refractivity contribution >= 4 is 12.2 Å². The van der Waals surface area contributed by atoms with Gasteiger partial charge < -0.3 is 0 Å². The van der Waals surface area contributed by atoms with E-state index in [9.17, 15) is 5.21 Å². The van der Waals surface area contributed by atoms with E-state index in [0.717, 1.165) is 10.6 Å². The molecule has 0 aromatic heterocycles. The average Bonchev–Trinajstić information content (AvgIpc) is 2.25. The molecule has 0 radical (unpaired) electrons. The van der Waals surface area contributed by atoms with Crippen LogP contribution in [-0.2, 0) is 6.42 Å². The van der Waals surface area contributed by atoms with E-state index >= 15 is 0 Å². The molecule has 1 unspecified atom stereocenters. The molecule has 84 valence electrons. The summed E-state index contributed by atoms with van der Waals surface area (Å²) in [7, 11) is 0. The van der Waals surface area contributed by atoms with Crippen molar-refractivity contribution in [1.82, 2.24) is 5.06 Å². The molecule has 0 saturated heterocycles. The Kier molecular flexibility index (Phi) is 2.75. The van der Waals surface area contributed by atoms with Gasteiger partial charge in [0.2, 0.25) is 0 Å². The highest BCUT2D eigenvalue weighted by Gasteiger charge is 2.31. The van der Waals surface area contributed by atoms with Gasteiger partial charge >= 0.3 is 0 Å². The summed E-state index contributed by atoms with van der Waals surface area (Å²) in [6.07, 6.45) is 2.05. The summed E-state index contributed by atoms with van der Waals surface area (Å²) in [5.74, 6) is 0.684. The highest BCUT2D eigenvalue weighted by Crippen LogP contribution is 2.22. The zero-order chi connectivity index (χ0) is 11.6. The maximum Gasteiger partial charge on any atom is 0.160 e. The number of benzene rings is 1. The normalized spacial score (nSPS) is 24.4. The molecule has 0 spiro atoms. The maximum absolute atomic E-state index is 9.78. The SMILES string of the molecule is CC1=NC(C)(Cc2ccccc2)N(O)C=N1. The second-order valence-corrected chi connectivity index (χ2v) is 4.13. The third-order valence-corrected chi connectivity index (χ3v) is 2.63. The highest BCUT2D eigenvalue weighted by molar-refractivity contribution is 5.89. The molecule has 1 atom stereocenters. The van der Waals surface area contributed by atoms with Gasteiger partial charge in [0.25, 0.3) is 0 Å². The fourth-order valence-electron chi connectivity index (χ4n) is 1.79. The number of aliphatic imine (C=N–C) groups is 2. The van der Waals surface area contributed by atoms with Gasteiger partial charge in [0.05, 0.1) is 0 Å². The van der Waals surface area contributed by atoms with Crippen molar-refractivity contribution < 1.29 is 5.21 Å². The molecule has 2 rings (SSSR count). The zero-order valence-corrected chi connectivity index (χ0v) is 9.46. The van der Waals surface area contributed by atoms with Crippen LogP contribution < -0.4 is 0 Å². The van der Waals surface area contributed by atoms with E-state index in [1.54, 1.807) is 0 Å². The van der Waals surface area contributed by atoms with E-state index in [2.05, 4.69) is 9.98 Å². The second kappa shape index (κ2) is 4.06. The Hall–Kier alpha value is -1.68. The lowest BCUT2D eigenvalue weighted by Gasteiger charge is -2.34. The largest absolute Gasteiger partial charge is 0.285 e. The van der Waals surface area contributed by atoms with Gasteiger partial charge in [-0.25, -0.2) is 15.0 Å². The van der Waals surface area contributed by atoms with Crippen molar-refractivity contribution in [2.45, 2.75) is 25.9 Å². The summed E-state index contributed by atoms with van der Waals surface area (Å²) < 4.78 is 0. The van der Waals surface area contributed by atoms with Crippen LogP contribution in [0.15, 0.2) is 40.3 Å². The van der Waals surface area contributed by atoms with Gasteiger partial charge in [0.15, 0.2) is 5.66 Å². The summed E-state index contributed by atoms with van der Waals surface area (Å²) >= 11 is 0. The Morgan fingerprint density at radius 1 is 1.31 bits per heavy atom. The summed E-state index contributed by atoms with van der Waals surface area (Å²) in [5, 5.41) is 10.8. The van der Waals surface area contributed by atoms with Crippen LogP contribution in [0.4, 0.5) is 0 Å². The van der Waals surface area contributed by atoms with Crippen molar-refractivity contribution in [2.75, 3.05) is 0 Å². The Bertz CT molecular complexity index is 427. The van der Waals surface area contributed by atoms with E-state index in [-0.39, 0.29) is 0 Å². The Morgan fingerprint density at radius 2 is 2.00 bits per heavy atom. The first kappa shape index (κ1) is 10.8. The van der Waals surface area contributed by atoms with Gasteiger partial charge in [0, 0.05) is 6.42 Å². The summed E-state index contributed by atoms with van der Waals surface area (Å²) in [4.78, 5) is 8.33. The molecule has 4 heteroatoms. The molecular formula is C12H15N3O. The van der Waals surface area contributed by atoms with Gasteiger partial charge in [-0.3, -0.25) is 5.21 Å². The van der Waals surface area contributed by atoms with Crippen molar-refractivity contribution in [2.24, 2.45) is 9.98 Å². The third kappa shape index (κ3) is 2.12. The summed E-state index contributed by atoms with van der Waals surface area (Å²) in [5.41, 5.74) is 0.476. The molecule has 1 aromatic carbocycles. The number of amidine groups is 1. The monoisotopic (exact) mass is 217 g/mol. The van der Waals surface area contributed by atoms with E-state index in [4.69, 9.17) is 0 Å². The minimum absolute atomic E-state index is 0.647. The summed E-state index contributed by atoms with van der Waals surface area (Å²) in [6, 6.07) is 9.98. The predicted octanol–water partition coefficient (Wildman–Crippen LogP) is 2.10. The molecule has 0 fully saturated rings. The number of hydrogen-bond donors (Lipinski definition) is 1. The Labute approximate surface area is 94.9 Å². The Morgan fingerprint density at radius 3 is 2.69 bits per heavy atom. The maximum atomic E-state index is 9.78. The minimum Gasteiger partial charge on any atom is -0.285 e. The zero-order valence-electron chi connectivity index (χ0n) is 9.46. The standard InChI is InChI=1S/C12H15N3O/c1-10-13-9-15(16)12(2,14-10)8-11-6-4-3-5-7-11/h3-7,9,16H,8H2,1-2H3. The molecule has 0 saturated carbocycles. The summed E-state index contributed by atoms with van der Waals surface area (Å²) in [6.45, 7) is 3.71. The smallest absolute Gasteiger partial charge is 0.160 e. The van der Waals surface area contributed by atoms with E-state index in [0.29, 0.717) is 12.3 Å². The van der Waals surface area contributed by atoms with Gasteiger partial charge in [-0.1, -0.05) is 30.3 Å². The number of rotatable bonds is 2. The Balaban J connectivity index is 2.23. The van der Waals surface area contributed by atoms with Crippen LogP contribution in [0, 0.1) is 0 Å². The lowest BCUT2D eigenvalue weighted by Crippen LogP contribution is -2.46. The van der Waals surface area contributed by atoms with E-state index < -0.39 is 5.66 Å². The van der Waals surface area contributed by atoms with Gasteiger partial charge in [-0.2, -0.15) is 0 Å². The fourth-order valence-corrected chi connectivity index (χ4v) is 1.79. The van der Waals surface area contributed by atoms with Crippen molar-refractivity contribution in [3.8, 4) is 0 Å². The molecule has 16 heavy (non-hydrogen) atoms. The number of hydroxylamine groups is 2. The molecule has 1 heterocycles. The second-order valence-electron chi connectivity index (χ2n) is 4.13. The molecule has 1 N–H and O–H groups in total. The molecule has 0 bridgehead atoms. The molecule has 1 aliphatic rings. The van der Waals surface area contributed by atoms with Crippen molar-refractivity contribution in [3.05, 3.63) is 35.9 Å². The molecule has 4 nitrogen and oxygen atoms in total. The predicted molar refractivity (Wildman–Crippen MR) is 63.8 cm³/mol. The molecule has 1 aliphatic heterocycles. The fraction of sp³-hybridized carbons (Fsp3) is 0.333. The van der Waals surface area contributed by atoms with E-state index in [1.165, 1.54) is 6.34 Å². The van der Waals surface area contributed by atoms with Crippen LogP contribution in [0.2, 0.25) is 0 Å². The molecule has 1 aromatic rings. The highest BCUT2D eigenvalue weighted by atomic mass is 16.5. The van der Waals surface area contributed by atoms with Gasteiger partial charge in [0.1, 0.15) is 12.2 Å². The molecule has 0 amide bonds. The van der Waals surface area contributed by atoms with Crippen molar-refractivity contribution in [1.29, 1.82) is 0 Å². The topological polar surface area (TPSA) is 48.2 Å². The van der Waals surface area contributed by atoms with Gasteiger partial charge in [-0.15, -0.1) is 0 Å². The van der Waals surface area contributed by atoms with Crippen LogP contribution >= 0.6 is 0 Å². The average molecular weight is 217 g/mol. The molecular weight excluding hydrogens is 202 g/mol. The quantitative estimate of drug-likeness (QED) is 0.824. The van der Waals surface area contributed by atoms with Crippen LogP contribution in [0.5, 0.6) is 0 Å². The molecule has 0 aliphatic carbocycles. The van der Waals surface area contributed by atoms with Crippen LogP contribution in [0.25, 0.3) is 0 Å². The van der Waals surface area contributed by atoms with Gasteiger partial charge in [-0.05, 0) is 19.4 Å². The van der Waals surface area contributed by atoms with Crippen LogP contribution in [-0.4, -0.2) is 28.1 Å². The lowest BCUT2D eigenvalue weighted by molar-refractivity contribution is -0.0925. The van der Waals surface area contributed by atoms with Crippen molar-refractivity contribution in [3.63, 3.8) is 0 Å². The van der Waals surface area contributed by atoms with E-state index in [1.807, 2.05) is 44.2 Å².